The van der Waals surface area contributed by atoms with Gasteiger partial charge in [-0.05, 0) is 6.07 Å². The second kappa shape index (κ2) is 7.40. The molecule has 0 spiro atoms. The van der Waals surface area contributed by atoms with E-state index in [1.165, 1.54) is 6.07 Å². The van der Waals surface area contributed by atoms with Crippen molar-refractivity contribution in [2.45, 2.75) is 19.9 Å². The van der Waals surface area contributed by atoms with E-state index in [1.807, 2.05) is 13.8 Å². The summed E-state index contributed by atoms with van der Waals surface area (Å²) in [5, 5.41) is 22.3. The van der Waals surface area contributed by atoms with Crippen LogP contribution in [0.1, 0.15) is 25.5 Å². The summed E-state index contributed by atoms with van der Waals surface area (Å²) in [6.07, 6.45) is 0. The van der Waals surface area contributed by atoms with Crippen molar-refractivity contribution in [3.8, 4) is 5.75 Å². The highest BCUT2D eigenvalue weighted by Crippen LogP contribution is 2.39. The minimum Gasteiger partial charge on any atom is -0.508 e. The molecule has 2 rings (SSSR count). The maximum atomic E-state index is 14.2. The molecular weight excluding hydrogens is 295 g/mol. The summed E-state index contributed by atoms with van der Waals surface area (Å²) < 4.78 is 14.2. The minimum atomic E-state index is -0.463. The molecule has 4 nitrogen and oxygen atoms in total. The Morgan fingerprint density at radius 1 is 1.33 bits per heavy atom. The van der Waals surface area contributed by atoms with Gasteiger partial charge in [0.25, 0.3) is 0 Å². The Balaban J connectivity index is 0.00000220. The zero-order chi connectivity index (χ0) is 14.8. The van der Waals surface area contributed by atoms with Gasteiger partial charge in [0.15, 0.2) is 0 Å². The highest BCUT2D eigenvalue weighted by Gasteiger charge is 2.37. The fourth-order valence-corrected chi connectivity index (χ4v) is 2.88. The fraction of sp³-hybridized carbons (Fsp3) is 0.600. The lowest BCUT2D eigenvalue weighted by atomic mass is 9.79. The number of nitrogens with zero attached hydrogens (tertiary/aromatic N) is 1. The van der Waals surface area contributed by atoms with Crippen LogP contribution >= 0.6 is 12.4 Å². The molecule has 1 aliphatic heterocycles. The smallest absolute Gasteiger partial charge is 0.131 e. The molecule has 0 bridgehead atoms. The highest BCUT2D eigenvalue weighted by atomic mass is 35.5. The Bertz CT molecular complexity index is 465. The topological polar surface area (TPSA) is 55.7 Å². The monoisotopic (exact) mass is 318 g/mol. The van der Waals surface area contributed by atoms with Crippen LogP contribution in [0, 0.1) is 11.2 Å². The number of aliphatic hydroxyl groups is 1. The Hall–Kier alpha value is -0.880. The van der Waals surface area contributed by atoms with E-state index in [4.69, 9.17) is 0 Å². The molecule has 1 aliphatic rings. The summed E-state index contributed by atoms with van der Waals surface area (Å²) in [6.45, 7) is 7.19. The van der Waals surface area contributed by atoms with Crippen molar-refractivity contribution in [2.75, 3.05) is 32.8 Å². The van der Waals surface area contributed by atoms with Gasteiger partial charge >= 0.3 is 0 Å². The number of halogens is 2. The quantitative estimate of drug-likeness (QED) is 0.794. The van der Waals surface area contributed by atoms with Crippen LogP contribution in [0.15, 0.2) is 18.2 Å². The summed E-state index contributed by atoms with van der Waals surface area (Å²) in [5.74, 6) is -0.498. The van der Waals surface area contributed by atoms with Crippen molar-refractivity contribution in [3.63, 3.8) is 0 Å². The molecular formula is C15H24ClFN2O2. The summed E-state index contributed by atoms with van der Waals surface area (Å²) in [7, 11) is 0. The number of rotatable bonds is 4. The van der Waals surface area contributed by atoms with Crippen LogP contribution in [0.25, 0.3) is 0 Å². The standard InChI is InChI=1S/C15H23FN2O2.ClH/c1-15(2,10-19)14(18-7-5-17-6-8-18)12-4-3-11(20)9-13(12)16;/h3-4,9,14,17,19-20H,5-8,10H2,1-2H3;1H/t14-;/m1./s1. The number of benzene rings is 1. The van der Waals surface area contributed by atoms with Crippen LogP contribution in [0.3, 0.4) is 0 Å². The third-order valence-electron chi connectivity index (χ3n) is 3.94. The molecule has 1 saturated heterocycles. The lowest BCUT2D eigenvalue weighted by molar-refractivity contribution is 0.0286. The predicted octanol–water partition coefficient (Wildman–Crippen LogP) is 1.92. The van der Waals surface area contributed by atoms with E-state index in [0.29, 0.717) is 5.56 Å². The summed E-state index contributed by atoms with van der Waals surface area (Å²) in [5.41, 5.74) is 0.0681. The molecule has 0 saturated carbocycles. The third kappa shape index (κ3) is 4.07. The molecule has 120 valence electrons. The Labute approximate surface area is 131 Å². The highest BCUT2D eigenvalue weighted by molar-refractivity contribution is 5.85. The van der Waals surface area contributed by atoms with E-state index in [9.17, 15) is 14.6 Å². The van der Waals surface area contributed by atoms with Gasteiger partial charge in [-0.2, -0.15) is 0 Å². The SMILES string of the molecule is CC(C)(CO)[C@@H](c1ccc(O)cc1F)N1CCNCC1.Cl. The van der Waals surface area contributed by atoms with E-state index >= 15 is 0 Å². The molecule has 6 heteroatoms. The van der Waals surface area contributed by atoms with Crippen LogP contribution in [-0.4, -0.2) is 47.9 Å². The molecule has 1 aromatic rings. The van der Waals surface area contributed by atoms with E-state index in [2.05, 4.69) is 10.2 Å². The summed E-state index contributed by atoms with van der Waals surface area (Å²) >= 11 is 0. The number of phenolic OH excluding ortho intramolecular Hbond substituents is 1. The lowest BCUT2D eigenvalue weighted by Gasteiger charge is -2.43. The molecule has 0 amide bonds. The van der Waals surface area contributed by atoms with Gasteiger partial charge in [-0.25, -0.2) is 4.39 Å². The molecule has 0 aromatic heterocycles. The number of aliphatic hydroxyl groups excluding tert-OH is 1. The van der Waals surface area contributed by atoms with Gasteiger partial charge in [-0.3, -0.25) is 4.90 Å². The Kier molecular flexibility index (Phi) is 6.41. The Morgan fingerprint density at radius 3 is 2.48 bits per heavy atom. The number of hydrogen-bond acceptors (Lipinski definition) is 4. The van der Waals surface area contributed by atoms with Gasteiger partial charge in [-0.1, -0.05) is 19.9 Å². The first-order valence-electron chi connectivity index (χ1n) is 7.00. The number of aromatic hydroxyl groups is 1. The first kappa shape index (κ1) is 18.2. The average Bonchev–Trinajstić information content (AvgIpc) is 2.43. The number of phenols is 1. The molecule has 0 unspecified atom stereocenters. The van der Waals surface area contributed by atoms with Crippen LogP contribution in [-0.2, 0) is 0 Å². The number of nitrogens with one attached hydrogen (secondary N) is 1. The number of hydrogen-bond donors (Lipinski definition) is 3. The van der Waals surface area contributed by atoms with Crippen molar-refractivity contribution in [2.24, 2.45) is 5.41 Å². The largest absolute Gasteiger partial charge is 0.508 e. The first-order chi connectivity index (χ1) is 9.45. The van der Waals surface area contributed by atoms with E-state index in [1.54, 1.807) is 6.07 Å². The molecule has 0 aliphatic carbocycles. The lowest BCUT2D eigenvalue weighted by Crippen LogP contribution is -2.49. The van der Waals surface area contributed by atoms with Crippen LogP contribution in [0.5, 0.6) is 5.75 Å². The molecule has 1 fully saturated rings. The molecule has 1 aromatic carbocycles. The van der Waals surface area contributed by atoms with Crippen LogP contribution in [0.2, 0.25) is 0 Å². The third-order valence-corrected chi connectivity index (χ3v) is 3.94. The minimum absolute atomic E-state index is 0. The van der Waals surface area contributed by atoms with Crippen LogP contribution < -0.4 is 5.32 Å². The second-order valence-electron chi connectivity index (χ2n) is 6.04. The predicted molar refractivity (Wildman–Crippen MR) is 83.4 cm³/mol. The van der Waals surface area contributed by atoms with Crippen LogP contribution in [0.4, 0.5) is 4.39 Å². The van der Waals surface area contributed by atoms with Gasteiger partial charge in [0, 0.05) is 55.9 Å². The van der Waals surface area contributed by atoms with Gasteiger partial charge in [-0.15, -0.1) is 12.4 Å². The van der Waals surface area contributed by atoms with Gasteiger partial charge in [0.05, 0.1) is 0 Å². The van der Waals surface area contributed by atoms with Crippen molar-refractivity contribution in [3.05, 3.63) is 29.6 Å². The van der Waals surface area contributed by atoms with E-state index < -0.39 is 11.2 Å². The van der Waals surface area contributed by atoms with E-state index in [0.717, 1.165) is 32.2 Å². The molecule has 0 radical (unpaired) electrons. The second-order valence-corrected chi connectivity index (χ2v) is 6.04. The summed E-state index contributed by atoms with van der Waals surface area (Å²) in [4.78, 5) is 2.20. The maximum absolute atomic E-state index is 14.2. The normalized spacial score (nSPS) is 18.1. The van der Waals surface area contributed by atoms with Gasteiger partial charge in [0.2, 0.25) is 0 Å². The maximum Gasteiger partial charge on any atom is 0.131 e. The van der Waals surface area contributed by atoms with Crippen molar-refractivity contribution < 1.29 is 14.6 Å². The van der Waals surface area contributed by atoms with Gasteiger partial charge in [0.1, 0.15) is 11.6 Å². The molecule has 1 atom stereocenters. The zero-order valence-electron chi connectivity index (χ0n) is 12.5. The van der Waals surface area contributed by atoms with Crippen molar-refractivity contribution >= 4 is 12.4 Å². The first-order valence-corrected chi connectivity index (χ1v) is 7.00. The molecule has 1 heterocycles. The molecule has 3 N–H and O–H groups in total. The Morgan fingerprint density at radius 2 is 1.95 bits per heavy atom. The van der Waals surface area contributed by atoms with Crippen molar-refractivity contribution in [1.82, 2.24) is 10.2 Å². The van der Waals surface area contributed by atoms with Gasteiger partial charge < -0.3 is 15.5 Å². The molecule has 21 heavy (non-hydrogen) atoms. The summed E-state index contributed by atoms with van der Waals surface area (Å²) in [6, 6.07) is 4.04. The number of piperazine rings is 1. The zero-order valence-corrected chi connectivity index (χ0v) is 13.3. The van der Waals surface area contributed by atoms with E-state index in [-0.39, 0.29) is 30.8 Å². The van der Waals surface area contributed by atoms with Crippen molar-refractivity contribution in [1.29, 1.82) is 0 Å². The fourth-order valence-electron chi connectivity index (χ4n) is 2.88. The average molecular weight is 319 g/mol.